The molecule has 0 bridgehead atoms. The van der Waals surface area contributed by atoms with E-state index in [0.29, 0.717) is 11.9 Å². The average molecular weight is 269 g/mol. The highest BCUT2D eigenvalue weighted by Crippen LogP contribution is 2.19. The molecule has 98 valence electrons. The van der Waals surface area contributed by atoms with Crippen molar-refractivity contribution >= 4 is 20.7 Å². The van der Waals surface area contributed by atoms with Crippen molar-refractivity contribution in [2.24, 2.45) is 0 Å². The molecule has 1 aromatic carbocycles. The molecule has 0 aliphatic rings. The molecule has 0 N–H and O–H groups in total. The zero-order valence-electron chi connectivity index (χ0n) is 10.4. The van der Waals surface area contributed by atoms with Crippen LogP contribution in [-0.2, 0) is 16.4 Å². The molecule has 1 aromatic heterocycles. The second-order valence-electron chi connectivity index (χ2n) is 4.60. The Hall–Kier alpha value is -1.36. The molecule has 0 unspecified atom stereocenters. The number of hydrogen-bond donors (Lipinski definition) is 0. The number of aryl methyl sites for hydroxylation is 1. The Bertz CT molecular complexity index is 659. The molecule has 2 rings (SSSR count). The van der Waals surface area contributed by atoms with E-state index in [9.17, 15) is 12.8 Å². The molecule has 3 nitrogen and oxygen atoms in total. The summed E-state index contributed by atoms with van der Waals surface area (Å²) < 4.78 is 38.7. The molecule has 0 fully saturated rings. The number of aromatic nitrogens is 1. The molecular weight excluding hydrogens is 253 g/mol. The van der Waals surface area contributed by atoms with Crippen molar-refractivity contribution in [1.29, 1.82) is 0 Å². The van der Waals surface area contributed by atoms with Gasteiger partial charge in [-0.2, -0.15) is 0 Å². The molecule has 18 heavy (non-hydrogen) atoms. The van der Waals surface area contributed by atoms with Gasteiger partial charge in [-0.25, -0.2) is 12.8 Å². The van der Waals surface area contributed by atoms with Crippen molar-refractivity contribution in [1.82, 2.24) is 4.57 Å². The van der Waals surface area contributed by atoms with E-state index in [-0.39, 0.29) is 16.8 Å². The highest BCUT2D eigenvalue weighted by Gasteiger charge is 2.16. The maximum absolute atomic E-state index is 13.5. The van der Waals surface area contributed by atoms with Crippen LogP contribution < -0.4 is 0 Å². The summed E-state index contributed by atoms with van der Waals surface area (Å²) in [5, 5.41) is 0.149. The van der Waals surface area contributed by atoms with Gasteiger partial charge in [-0.1, -0.05) is 6.07 Å². The van der Waals surface area contributed by atoms with Gasteiger partial charge in [0.25, 0.3) is 0 Å². The zero-order valence-corrected chi connectivity index (χ0v) is 11.2. The van der Waals surface area contributed by atoms with Crippen LogP contribution in [0.2, 0.25) is 0 Å². The zero-order chi connectivity index (χ0) is 13.3. The van der Waals surface area contributed by atoms with Crippen molar-refractivity contribution in [2.45, 2.75) is 25.6 Å². The van der Waals surface area contributed by atoms with E-state index < -0.39 is 9.84 Å². The molecule has 0 aliphatic heterocycles. The highest BCUT2D eigenvalue weighted by atomic mass is 32.2. The van der Waals surface area contributed by atoms with Crippen LogP contribution in [0.1, 0.15) is 13.8 Å². The lowest BCUT2D eigenvalue weighted by Crippen LogP contribution is -2.20. The molecule has 0 radical (unpaired) electrons. The average Bonchev–Trinajstić information content (AvgIpc) is 2.71. The van der Waals surface area contributed by atoms with E-state index in [0.717, 1.165) is 5.52 Å². The molecular formula is C13H16FNO2S. The number of rotatable bonds is 4. The largest absolute Gasteiger partial charge is 0.346 e. The Morgan fingerprint density at radius 2 is 2.00 bits per heavy atom. The first kappa shape index (κ1) is 13.1. The van der Waals surface area contributed by atoms with Crippen molar-refractivity contribution in [3.63, 3.8) is 0 Å². The van der Waals surface area contributed by atoms with Crippen molar-refractivity contribution in [3.8, 4) is 0 Å². The smallest absolute Gasteiger partial charge is 0.154 e. The minimum atomic E-state index is -3.07. The molecule has 0 saturated carbocycles. The van der Waals surface area contributed by atoms with Crippen LogP contribution in [0.4, 0.5) is 4.39 Å². The van der Waals surface area contributed by atoms with Crippen LogP contribution in [0.15, 0.2) is 30.5 Å². The predicted molar refractivity (Wildman–Crippen MR) is 70.8 cm³/mol. The molecule has 0 spiro atoms. The van der Waals surface area contributed by atoms with Gasteiger partial charge >= 0.3 is 0 Å². The first-order valence-corrected chi connectivity index (χ1v) is 7.58. The number of halogens is 1. The molecule has 0 atom stereocenters. The summed E-state index contributed by atoms with van der Waals surface area (Å²) in [7, 11) is -3.07. The first-order chi connectivity index (χ1) is 8.42. The molecule has 5 heteroatoms. The SMILES string of the molecule is CC(C)S(=O)(=O)CCn1ccc2c(F)cccc21. The summed E-state index contributed by atoms with van der Waals surface area (Å²) in [6, 6.07) is 6.50. The van der Waals surface area contributed by atoms with Crippen LogP contribution >= 0.6 is 0 Å². The number of hydrogen-bond acceptors (Lipinski definition) is 2. The number of benzene rings is 1. The van der Waals surface area contributed by atoms with E-state index in [4.69, 9.17) is 0 Å². The molecule has 0 aliphatic carbocycles. The fourth-order valence-corrected chi connectivity index (χ4v) is 2.76. The molecule has 2 aromatic rings. The third-order valence-corrected chi connectivity index (χ3v) is 5.28. The summed E-state index contributed by atoms with van der Waals surface area (Å²) in [6.45, 7) is 3.69. The topological polar surface area (TPSA) is 39.1 Å². The number of fused-ring (bicyclic) bond motifs is 1. The Morgan fingerprint density at radius 3 is 2.67 bits per heavy atom. The van der Waals surface area contributed by atoms with Gasteiger partial charge in [0.2, 0.25) is 0 Å². The molecule has 0 saturated heterocycles. The van der Waals surface area contributed by atoms with Crippen LogP contribution in [0.3, 0.4) is 0 Å². The lowest BCUT2D eigenvalue weighted by molar-refractivity contribution is 0.581. The summed E-state index contributed by atoms with van der Waals surface area (Å²) in [5.41, 5.74) is 0.731. The Morgan fingerprint density at radius 1 is 1.28 bits per heavy atom. The lowest BCUT2D eigenvalue weighted by Gasteiger charge is -2.09. The fraction of sp³-hybridized carbons (Fsp3) is 0.385. The standard InChI is InChI=1S/C13H16FNO2S/c1-10(2)18(16,17)9-8-15-7-6-11-12(14)4-3-5-13(11)15/h3-7,10H,8-9H2,1-2H3. The van der Waals surface area contributed by atoms with Crippen LogP contribution in [-0.4, -0.2) is 24.0 Å². The Kier molecular flexibility index (Phi) is 3.43. The van der Waals surface area contributed by atoms with Gasteiger partial charge in [-0.15, -0.1) is 0 Å². The van der Waals surface area contributed by atoms with Gasteiger partial charge in [0, 0.05) is 18.1 Å². The maximum Gasteiger partial charge on any atom is 0.154 e. The lowest BCUT2D eigenvalue weighted by atomic mass is 10.2. The highest BCUT2D eigenvalue weighted by molar-refractivity contribution is 7.91. The van der Waals surface area contributed by atoms with E-state index >= 15 is 0 Å². The van der Waals surface area contributed by atoms with Gasteiger partial charge in [-0.05, 0) is 32.0 Å². The summed E-state index contributed by atoms with van der Waals surface area (Å²) in [4.78, 5) is 0. The maximum atomic E-state index is 13.5. The third-order valence-electron chi connectivity index (χ3n) is 3.10. The van der Waals surface area contributed by atoms with Crippen molar-refractivity contribution in [3.05, 3.63) is 36.3 Å². The minimum absolute atomic E-state index is 0.0744. The minimum Gasteiger partial charge on any atom is -0.346 e. The van der Waals surface area contributed by atoms with E-state index in [1.54, 1.807) is 42.8 Å². The monoisotopic (exact) mass is 269 g/mol. The van der Waals surface area contributed by atoms with Crippen LogP contribution in [0.25, 0.3) is 10.9 Å². The third kappa shape index (κ3) is 2.41. The van der Waals surface area contributed by atoms with Gasteiger partial charge in [0.1, 0.15) is 5.82 Å². The van der Waals surface area contributed by atoms with E-state index in [1.807, 2.05) is 0 Å². The fourth-order valence-electron chi connectivity index (χ4n) is 1.84. The van der Waals surface area contributed by atoms with E-state index in [2.05, 4.69) is 0 Å². The number of sulfone groups is 1. The summed E-state index contributed by atoms with van der Waals surface area (Å²) in [5.74, 6) is -0.205. The Balaban J connectivity index is 2.26. The summed E-state index contributed by atoms with van der Waals surface area (Å²) >= 11 is 0. The predicted octanol–water partition coefficient (Wildman–Crippen LogP) is 2.60. The van der Waals surface area contributed by atoms with Crippen LogP contribution in [0.5, 0.6) is 0 Å². The van der Waals surface area contributed by atoms with Crippen molar-refractivity contribution < 1.29 is 12.8 Å². The van der Waals surface area contributed by atoms with Gasteiger partial charge in [-0.3, -0.25) is 0 Å². The number of nitrogens with zero attached hydrogens (tertiary/aromatic N) is 1. The molecule has 1 heterocycles. The summed E-state index contributed by atoms with van der Waals surface area (Å²) in [6.07, 6.45) is 1.73. The second kappa shape index (κ2) is 4.72. The van der Waals surface area contributed by atoms with Gasteiger partial charge < -0.3 is 4.57 Å². The Labute approximate surface area is 106 Å². The second-order valence-corrected chi connectivity index (χ2v) is 7.27. The van der Waals surface area contributed by atoms with Crippen LogP contribution in [0, 0.1) is 5.82 Å². The first-order valence-electron chi connectivity index (χ1n) is 5.87. The molecule has 0 amide bonds. The normalized spacial score (nSPS) is 12.4. The van der Waals surface area contributed by atoms with Gasteiger partial charge in [0.05, 0.1) is 16.5 Å². The quantitative estimate of drug-likeness (QED) is 0.856. The van der Waals surface area contributed by atoms with Gasteiger partial charge in [0.15, 0.2) is 9.84 Å². The van der Waals surface area contributed by atoms with Crippen molar-refractivity contribution in [2.75, 3.05) is 5.75 Å². The van der Waals surface area contributed by atoms with E-state index in [1.165, 1.54) is 6.07 Å².